The number of hydrogen-bond donors (Lipinski definition) is 18. The number of nitrogens with one attached hydrogen (secondary N) is 11. The highest BCUT2D eigenvalue weighted by molar-refractivity contribution is 8.14. The number of amides is 11. The van der Waals surface area contributed by atoms with Gasteiger partial charge in [-0.2, -0.15) is 0 Å². The van der Waals surface area contributed by atoms with Crippen molar-refractivity contribution >= 4 is 99.7 Å². The lowest BCUT2D eigenvalue weighted by molar-refractivity contribution is -0.142. The van der Waals surface area contributed by atoms with E-state index in [9.17, 15) is 82.4 Å². The number of nitrogens with zero attached hydrogens (tertiary/aromatic N) is 2. The molecule has 0 radical (unpaired) electrons. The first-order valence-electron chi connectivity index (χ1n) is 34.1. The average molecular weight is 1440 g/mol. The summed E-state index contributed by atoms with van der Waals surface area (Å²) >= 11 is 1.34. The van der Waals surface area contributed by atoms with Gasteiger partial charge in [-0.05, 0) is 80.7 Å². The molecule has 22 N–H and O–H groups in total. The van der Waals surface area contributed by atoms with Crippen LogP contribution in [0.4, 0.5) is 0 Å². The number of primary amides is 1. The van der Waals surface area contributed by atoms with Crippen LogP contribution in [0.5, 0.6) is 0 Å². The topological polar surface area (TPSA) is 565 Å². The molecule has 34 nitrogen and oxygen atoms in total. The van der Waals surface area contributed by atoms with Gasteiger partial charge in [0.05, 0.1) is 36.3 Å². The lowest BCUT2D eigenvalue weighted by atomic mass is 9.96. The molecule has 1 aliphatic rings. The van der Waals surface area contributed by atoms with Crippen LogP contribution in [0.3, 0.4) is 0 Å². The van der Waals surface area contributed by atoms with Crippen molar-refractivity contribution in [2.75, 3.05) is 18.8 Å². The van der Waals surface area contributed by atoms with Crippen molar-refractivity contribution in [2.45, 2.75) is 224 Å². The molecule has 0 aliphatic carbocycles. The fourth-order valence-electron chi connectivity index (χ4n) is 10.5. The Balaban J connectivity index is 2.00. The van der Waals surface area contributed by atoms with E-state index in [-0.39, 0.29) is 88.5 Å². The molecule has 11 amide bonds. The zero-order valence-corrected chi connectivity index (χ0v) is 59.5. The van der Waals surface area contributed by atoms with E-state index in [1.54, 1.807) is 71.9 Å². The van der Waals surface area contributed by atoms with Gasteiger partial charge in [0.15, 0.2) is 0 Å². The molecule has 3 rings (SSSR count). The summed E-state index contributed by atoms with van der Waals surface area (Å²) in [5.74, 6) is -15.6. The first-order chi connectivity index (χ1) is 47.7. The number of rotatable bonds is 48. The van der Waals surface area contributed by atoms with Crippen molar-refractivity contribution in [3.05, 3.63) is 54.1 Å². The number of hydrogen-bond acceptors (Lipinski definition) is 20. The number of carboxylic acid groups (broad SMARTS) is 3. The Morgan fingerprint density at radius 1 is 0.564 bits per heavy atom. The quantitative estimate of drug-likeness (QED) is 0.0326. The average Bonchev–Trinajstić information content (AvgIpc) is 1.82. The normalized spacial score (nSPS) is 16.9. The van der Waals surface area contributed by atoms with E-state index in [1.807, 2.05) is 13.8 Å². The van der Waals surface area contributed by atoms with Crippen LogP contribution < -0.4 is 76.1 Å². The number of aromatic amines is 1. The van der Waals surface area contributed by atoms with E-state index in [2.05, 4.69) is 68.1 Å². The summed E-state index contributed by atoms with van der Waals surface area (Å²) < 4.78 is 0. The van der Waals surface area contributed by atoms with E-state index in [1.165, 1.54) is 24.3 Å². The van der Waals surface area contributed by atoms with Gasteiger partial charge in [-0.15, -0.1) is 11.8 Å². The number of aliphatic imine (C=N–C) groups is 1. The summed E-state index contributed by atoms with van der Waals surface area (Å²) in [4.78, 5) is 201. The summed E-state index contributed by atoms with van der Waals surface area (Å²) in [5, 5.41) is 55.7. The number of aliphatic carboxylic acids is 3. The number of carbonyl (C=O) groups excluding carboxylic acids is 11. The van der Waals surface area contributed by atoms with E-state index in [0.717, 1.165) is 6.42 Å². The Bertz CT molecular complexity index is 3140. The molecule has 1 aromatic heterocycles. The fraction of sp³-hybridized carbons (Fsp3) is 0.636. The Labute approximate surface area is 591 Å². The molecule has 1 aliphatic heterocycles. The molecular weight excluding hydrogens is 1330 g/mol. The maximum atomic E-state index is 14.8. The van der Waals surface area contributed by atoms with Crippen molar-refractivity contribution in [2.24, 2.45) is 51.6 Å². The summed E-state index contributed by atoms with van der Waals surface area (Å²) in [7, 11) is 0. The fourth-order valence-corrected chi connectivity index (χ4v) is 11.7. The van der Waals surface area contributed by atoms with Gasteiger partial charge in [-0.25, -0.2) is 9.78 Å². The van der Waals surface area contributed by atoms with Crippen molar-refractivity contribution in [1.29, 1.82) is 0 Å². The first-order valence-corrected chi connectivity index (χ1v) is 35.1. The van der Waals surface area contributed by atoms with E-state index in [0.29, 0.717) is 22.7 Å². The maximum absolute atomic E-state index is 14.8. The van der Waals surface area contributed by atoms with Crippen LogP contribution in [0.2, 0.25) is 0 Å². The number of nitrogens with two attached hydrogens (primary N) is 4. The van der Waals surface area contributed by atoms with Crippen LogP contribution in [0, 0.1) is 23.7 Å². The minimum atomic E-state index is -1.79. The van der Waals surface area contributed by atoms with Gasteiger partial charge in [0.25, 0.3) is 0 Å². The number of H-pyrrole nitrogens is 1. The summed E-state index contributed by atoms with van der Waals surface area (Å²) in [6, 6.07) is -7.65. The summed E-state index contributed by atoms with van der Waals surface area (Å²) in [6.45, 7) is 14.0. The van der Waals surface area contributed by atoms with Crippen molar-refractivity contribution in [1.82, 2.24) is 63.1 Å². The van der Waals surface area contributed by atoms with Gasteiger partial charge < -0.3 is 96.4 Å². The molecule has 0 saturated heterocycles. The van der Waals surface area contributed by atoms with Gasteiger partial charge in [0.1, 0.15) is 60.4 Å². The molecule has 35 heteroatoms. The smallest absolute Gasteiger partial charge is 0.326 e. The minimum Gasteiger partial charge on any atom is -0.481 e. The van der Waals surface area contributed by atoms with Crippen LogP contribution >= 0.6 is 11.8 Å². The van der Waals surface area contributed by atoms with Gasteiger partial charge >= 0.3 is 17.9 Å². The van der Waals surface area contributed by atoms with Crippen LogP contribution in [0.15, 0.2) is 47.8 Å². The minimum absolute atomic E-state index is 0.00600. The van der Waals surface area contributed by atoms with Crippen LogP contribution in [0.25, 0.3) is 0 Å². The first kappa shape index (κ1) is 86.1. The predicted molar refractivity (Wildman–Crippen MR) is 373 cm³/mol. The molecule has 0 spiro atoms. The van der Waals surface area contributed by atoms with Crippen LogP contribution in [-0.4, -0.2) is 205 Å². The van der Waals surface area contributed by atoms with Gasteiger partial charge in [-0.3, -0.25) is 67.3 Å². The van der Waals surface area contributed by atoms with E-state index >= 15 is 0 Å². The monoisotopic (exact) mass is 1440 g/mol. The Morgan fingerprint density at radius 2 is 1.07 bits per heavy atom. The van der Waals surface area contributed by atoms with Gasteiger partial charge in [0.2, 0.25) is 65.0 Å². The third-order valence-electron chi connectivity index (χ3n) is 17.2. The second-order valence-corrected chi connectivity index (χ2v) is 26.9. The predicted octanol–water partition coefficient (Wildman–Crippen LogP) is -1.76. The zero-order valence-electron chi connectivity index (χ0n) is 58.7. The number of benzene rings is 1. The molecule has 562 valence electrons. The molecule has 1 aromatic carbocycles. The van der Waals surface area contributed by atoms with E-state index < -0.39 is 193 Å². The molecule has 0 fully saturated rings. The molecule has 101 heavy (non-hydrogen) atoms. The number of carboxylic acids is 3. The largest absolute Gasteiger partial charge is 0.481 e. The van der Waals surface area contributed by atoms with Crippen LogP contribution in [0.1, 0.15) is 150 Å². The van der Waals surface area contributed by atoms with Crippen molar-refractivity contribution in [3.63, 3.8) is 0 Å². The number of carbonyl (C=O) groups is 14. The molecule has 1 unspecified atom stereocenters. The third kappa shape index (κ3) is 30.3. The summed E-state index contributed by atoms with van der Waals surface area (Å²) in [6.07, 6.45) is 0.815. The highest BCUT2D eigenvalue weighted by Gasteiger charge is 2.39. The highest BCUT2D eigenvalue weighted by Crippen LogP contribution is 2.25. The standard InChI is InChI=1S/C66H105N17O17S/c1-9-35(6)52(70)65-81-48(32-101-65)62(96)78-44(26-34(4)5)60(94)75-43(22-23-50(85)86)59(93)83-53(36(7)10-2)63(97)76-41(57(91)74-42(21-17-24-67)58(92)82-54(37(8)11-3)64(98)80-47(66(99)100)27-38-18-13-12-14-19-38)20-15-16-25-72-56(90)45(29-49(69)84)79-61(95)46(30-51(87)88)77-55(89)40(68)28-39-31-71-33-73-39/h12-14,18-19,31,33-37,40-48,52-54H,9-11,15-17,20-30,32,67-68,70H2,1-8H3,(H2,69,84)(H,71,73)(H,72,90)(H,74,91)(H,75,94)(H,76,97)(H,77,89)(H,78,96)(H,79,95)(H,80,98)(H,82,92)(H,83,93)(H,85,86)(H,87,88)(H,99,100)/t35-,36+,37+,40+,41+,42-,43-,44+,45-,46-,47-,48?,52-,53+,54+/m1/s1. The second-order valence-electron chi connectivity index (χ2n) is 25.8. The lowest BCUT2D eigenvalue weighted by Crippen LogP contribution is -2.61. The van der Waals surface area contributed by atoms with Crippen molar-refractivity contribution in [3.8, 4) is 0 Å². The SMILES string of the molecule is CC[C@@H](C)[C@@H](N)C1=NC(C(=O)N[C@@H](CC(C)C)C(=O)N[C@H](CCC(=O)O)C(=O)N[C@H](C(=O)N[C@@H](CCCCNC(=O)[C@@H](CC(N)=O)NC(=O)[C@@H](CC(=O)O)NC(=O)[C@@H](N)Cc2cnc[nH]2)C(=O)N[C@H](CCCN)C(=O)N[C@H](C(=O)N[C@H](Cc2ccccc2)C(=O)O)[C@@H](C)CC)[C@@H](C)CC)CS1. The number of aromatic nitrogens is 2. The van der Waals surface area contributed by atoms with Crippen LogP contribution in [-0.2, 0) is 80.0 Å². The van der Waals surface area contributed by atoms with Crippen molar-refractivity contribution < 1.29 is 82.4 Å². The Kier molecular flexibility index (Phi) is 37.7. The maximum Gasteiger partial charge on any atom is 0.326 e. The molecule has 0 bridgehead atoms. The number of imidazole rings is 1. The lowest BCUT2D eigenvalue weighted by Gasteiger charge is -2.30. The second kappa shape index (κ2) is 44.2. The highest BCUT2D eigenvalue weighted by atomic mass is 32.2. The summed E-state index contributed by atoms with van der Waals surface area (Å²) in [5.41, 5.74) is 24.8. The molecular formula is C66H105N17O17S. The number of thioether (sulfide) groups is 1. The molecule has 0 saturated carbocycles. The molecule has 15 atom stereocenters. The van der Waals surface area contributed by atoms with Gasteiger partial charge in [-0.1, -0.05) is 105 Å². The Hall–Kier alpha value is -9.09. The molecule has 2 heterocycles. The van der Waals surface area contributed by atoms with E-state index in [4.69, 9.17) is 22.9 Å². The zero-order chi connectivity index (χ0) is 75.6. The Morgan fingerprint density at radius 3 is 1.58 bits per heavy atom. The number of unbranched alkanes of at least 4 members (excludes halogenated alkanes) is 1. The third-order valence-corrected chi connectivity index (χ3v) is 18.3. The van der Waals surface area contributed by atoms with Gasteiger partial charge in [0, 0.05) is 43.5 Å². The molecule has 2 aromatic rings.